The highest BCUT2D eigenvalue weighted by molar-refractivity contribution is 7.17. The Morgan fingerprint density at radius 3 is 2.87 bits per heavy atom. The summed E-state index contributed by atoms with van der Waals surface area (Å²) in [4.78, 5) is 12.8. The molecule has 0 aliphatic rings. The van der Waals surface area contributed by atoms with Crippen LogP contribution >= 0.6 is 11.3 Å². The summed E-state index contributed by atoms with van der Waals surface area (Å²) in [5.41, 5.74) is 0.949. The smallest absolute Gasteiger partial charge is 0.348 e. The maximum Gasteiger partial charge on any atom is 0.348 e. The van der Waals surface area contributed by atoms with Crippen molar-refractivity contribution in [2.45, 2.75) is 0 Å². The summed E-state index contributed by atoms with van der Waals surface area (Å²) in [6, 6.07) is 5.46. The molecule has 0 aromatic carbocycles. The first-order valence-electron chi connectivity index (χ1n) is 4.26. The first kappa shape index (κ1) is 9.79. The summed E-state index contributed by atoms with van der Waals surface area (Å²) in [6.45, 7) is 0. The van der Waals surface area contributed by atoms with Crippen molar-refractivity contribution < 1.29 is 9.53 Å². The van der Waals surface area contributed by atoms with E-state index in [1.54, 1.807) is 18.5 Å². The second-order valence-electron chi connectivity index (χ2n) is 2.79. The topological polar surface area (TPSA) is 52.1 Å². The van der Waals surface area contributed by atoms with Crippen molar-refractivity contribution in [1.29, 1.82) is 0 Å². The number of rotatable bonds is 2. The van der Waals surface area contributed by atoms with Gasteiger partial charge in [-0.25, -0.2) is 4.79 Å². The number of methoxy groups -OCH3 is 1. The monoisotopic (exact) mass is 220 g/mol. The van der Waals surface area contributed by atoms with E-state index in [0.29, 0.717) is 4.88 Å². The third kappa shape index (κ3) is 2.02. The maximum atomic E-state index is 11.2. The van der Waals surface area contributed by atoms with Gasteiger partial charge in [0.2, 0.25) is 0 Å². The van der Waals surface area contributed by atoms with E-state index in [1.165, 1.54) is 18.4 Å². The van der Waals surface area contributed by atoms with Crippen LogP contribution in [0.25, 0.3) is 10.4 Å². The Labute approximate surface area is 90.5 Å². The SMILES string of the molecule is COC(=O)c1ccc(-c2ccnnc2)s1. The van der Waals surface area contributed by atoms with Gasteiger partial charge in [0.1, 0.15) is 4.88 Å². The molecule has 4 nitrogen and oxygen atoms in total. The van der Waals surface area contributed by atoms with Gasteiger partial charge in [0.15, 0.2) is 0 Å². The minimum absolute atomic E-state index is 0.312. The van der Waals surface area contributed by atoms with Crippen molar-refractivity contribution >= 4 is 17.3 Å². The minimum Gasteiger partial charge on any atom is -0.465 e. The number of esters is 1. The largest absolute Gasteiger partial charge is 0.465 e. The standard InChI is InChI=1S/C10H8N2O2S/c1-14-10(13)9-3-2-8(15-9)7-4-5-11-12-6-7/h2-6H,1H3. The number of ether oxygens (including phenoxy) is 1. The molecule has 0 saturated carbocycles. The van der Waals surface area contributed by atoms with Crippen LogP contribution in [0.4, 0.5) is 0 Å². The zero-order valence-electron chi connectivity index (χ0n) is 8.01. The molecule has 2 aromatic rings. The van der Waals surface area contributed by atoms with Crippen LogP contribution in [-0.4, -0.2) is 23.3 Å². The quantitative estimate of drug-likeness (QED) is 0.726. The molecular formula is C10H8N2O2S. The van der Waals surface area contributed by atoms with Crippen LogP contribution in [0, 0.1) is 0 Å². The van der Waals surface area contributed by atoms with Crippen LogP contribution < -0.4 is 0 Å². The van der Waals surface area contributed by atoms with Gasteiger partial charge in [-0.3, -0.25) is 0 Å². The van der Waals surface area contributed by atoms with Gasteiger partial charge in [-0.05, 0) is 18.2 Å². The molecule has 0 fully saturated rings. The van der Waals surface area contributed by atoms with Crippen LogP contribution in [0.3, 0.4) is 0 Å². The van der Waals surface area contributed by atoms with E-state index in [0.717, 1.165) is 10.4 Å². The Balaban J connectivity index is 2.32. The first-order chi connectivity index (χ1) is 7.31. The zero-order chi connectivity index (χ0) is 10.7. The van der Waals surface area contributed by atoms with Crippen molar-refractivity contribution in [2.24, 2.45) is 0 Å². The number of hydrogen-bond donors (Lipinski definition) is 0. The normalized spacial score (nSPS) is 9.93. The van der Waals surface area contributed by atoms with E-state index >= 15 is 0 Å². The summed E-state index contributed by atoms with van der Waals surface area (Å²) in [7, 11) is 1.37. The molecule has 0 aliphatic heterocycles. The Kier molecular flexibility index (Phi) is 2.73. The Morgan fingerprint density at radius 1 is 1.33 bits per heavy atom. The lowest BCUT2D eigenvalue weighted by Gasteiger charge is -1.94. The van der Waals surface area contributed by atoms with E-state index in [2.05, 4.69) is 14.9 Å². The molecule has 2 aromatic heterocycles. The van der Waals surface area contributed by atoms with Gasteiger partial charge >= 0.3 is 5.97 Å². The van der Waals surface area contributed by atoms with Crippen LogP contribution in [0.2, 0.25) is 0 Å². The van der Waals surface area contributed by atoms with E-state index < -0.39 is 0 Å². The van der Waals surface area contributed by atoms with Crippen molar-refractivity contribution in [2.75, 3.05) is 7.11 Å². The molecule has 0 N–H and O–H groups in total. The lowest BCUT2D eigenvalue weighted by molar-refractivity contribution is 0.0606. The predicted octanol–water partition coefficient (Wildman–Crippen LogP) is 1.99. The number of nitrogens with zero attached hydrogens (tertiary/aromatic N) is 2. The first-order valence-corrected chi connectivity index (χ1v) is 5.08. The fourth-order valence-electron chi connectivity index (χ4n) is 1.14. The number of thiophene rings is 1. The van der Waals surface area contributed by atoms with E-state index in [4.69, 9.17) is 0 Å². The average molecular weight is 220 g/mol. The number of aromatic nitrogens is 2. The lowest BCUT2D eigenvalue weighted by atomic mass is 10.2. The van der Waals surface area contributed by atoms with Crippen molar-refractivity contribution in [3.63, 3.8) is 0 Å². The highest BCUT2D eigenvalue weighted by Crippen LogP contribution is 2.27. The van der Waals surface area contributed by atoms with Crippen LogP contribution in [0.5, 0.6) is 0 Å². The average Bonchev–Trinajstić information content (AvgIpc) is 2.78. The molecule has 76 valence electrons. The third-order valence-electron chi connectivity index (χ3n) is 1.86. The van der Waals surface area contributed by atoms with Gasteiger partial charge in [-0.1, -0.05) is 0 Å². The van der Waals surface area contributed by atoms with Crippen LogP contribution in [-0.2, 0) is 4.74 Å². The van der Waals surface area contributed by atoms with Gasteiger partial charge in [0.25, 0.3) is 0 Å². The van der Waals surface area contributed by atoms with Gasteiger partial charge in [-0.15, -0.1) is 11.3 Å². The number of hydrogen-bond acceptors (Lipinski definition) is 5. The third-order valence-corrected chi connectivity index (χ3v) is 2.98. The highest BCUT2D eigenvalue weighted by atomic mass is 32.1. The van der Waals surface area contributed by atoms with Crippen LogP contribution in [0.15, 0.2) is 30.6 Å². The Bertz CT molecular complexity index is 467. The summed E-state index contributed by atoms with van der Waals surface area (Å²) in [5, 5.41) is 7.47. The molecule has 2 rings (SSSR count). The highest BCUT2D eigenvalue weighted by Gasteiger charge is 2.09. The number of carbonyl (C=O) groups excluding carboxylic acids is 1. The zero-order valence-corrected chi connectivity index (χ0v) is 8.82. The Morgan fingerprint density at radius 2 is 2.20 bits per heavy atom. The van der Waals surface area contributed by atoms with Crippen LogP contribution in [0.1, 0.15) is 9.67 Å². The van der Waals surface area contributed by atoms with Gasteiger partial charge in [-0.2, -0.15) is 10.2 Å². The molecule has 0 aliphatic carbocycles. The van der Waals surface area contributed by atoms with Crippen molar-refractivity contribution in [3.05, 3.63) is 35.5 Å². The van der Waals surface area contributed by atoms with Gasteiger partial charge in [0, 0.05) is 10.4 Å². The second-order valence-corrected chi connectivity index (χ2v) is 3.87. The van der Waals surface area contributed by atoms with Gasteiger partial charge in [0.05, 0.1) is 19.5 Å². The predicted molar refractivity (Wildman–Crippen MR) is 56.7 cm³/mol. The summed E-state index contributed by atoms with van der Waals surface area (Å²) in [6.07, 6.45) is 3.28. The molecular weight excluding hydrogens is 212 g/mol. The molecule has 2 heterocycles. The fraction of sp³-hybridized carbons (Fsp3) is 0.100. The maximum absolute atomic E-state index is 11.2. The lowest BCUT2D eigenvalue weighted by Crippen LogP contribution is -1.96. The molecule has 5 heteroatoms. The number of carbonyl (C=O) groups is 1. The van der Waals surface area contributed by atoms with Gasteiger partial charge < -0.3 is 4.74 Å². The molecule has 0 saturated heterocycles. The minimum atomic E-state index is -0.312. The summed E-state index contributed by atoms with van der Waals surface area (Å²) < 4.78 is 4.63. The summed E-state index contributed by atoms with van der Waals surface area (Å²) in [5.74, 6) is -0.312. The molecule has 0 amide bonds. The second kappa shape index (κ2) is 4.18. The van der Waals surface area contributed by atoms with E-state index in [1.807, 2.05) is 12.1 Å². The van der Waals surface area contributed by atoms with Crippen molar-refractivity contribution in [3.8, 4) is 10.4 Å². The summed E-state index contributed by atoms with van der Waals surface area (Å²) >= 11 is 1.38. The van der Waals surface area contributed by atoms with E-state index in [-0.39, 0.29) is 5.97 Å². The molecule has 0 bridgehead atoms. The van der Waals surface area contributed by atoms with Crippen molar-refractivity contribution in [1.82, 2.24) is 10.2 Å². The molecule has 0 unspecified atom stereocenters. The molecule has 0 atom stereocenters. The molecule has 0 spiro atoms. The fourth-order valence-corrected chi connectivity index (χ4v) is 2.05. The molecule has 15 heavy (non-hydrogen) atoms. The van der Waals surface area contributed by atoms with E-state index in [9.17, 15) is 4.79 Å². The Hall–Kier alpha value is -1.75. The molecule has 0 radical (unpaired) electrons.